The van der Waals surface area contributed by atoms with Crippen LogP contribution in [0.4, 0.5) is 5.69 Å². The quantitative estimate of drug-likeness (QED) is 0.538. The number of carbonyl (C=O) groups is 2. The summed E-state index contributed by atoms with van der Waals surface area (Å²) in [6.07, 6.45) is 1.89. The van der Waals surface area contributed by atoms with E-state index >= 15 is 0 Å². The predicted molar refractivity (Wildman–Crippen MR) is 133 cm³/mol. The fourth-order valence-electron chi connectivity index (χ4n) is 4.28. The van der Waals surface area contributed by atoms with E-state index in [2.05, 4.69) is 18.3 Å². The Hall–Kier alpha value is -3.80. The van der Waals surface area contributed by atoms with E-state index in [0.29, 0.717) is 24.9 Å². The number of carbonyl (C=O) groups excluding carboxylic acids is 2. The molecule has 1 aliphatic rings. The van der Waals surface area contributed by atoms with Gasteiger partial charge in [0.1, 0.15) is 11.5 Å². The Morgan fingerprint density at radius 3 is 2.18 bits per heavy atom. The van der Waals surface area contributed by atoms with Gasteiger partial charge >= 0.3 is 0 Å². The van der Waals surface area contributed by atoms with E-state index < -0.39 is 0 Å². The lowest BCUT2D eigenvalue weighted by molar-refractivity contribution is -0.121. The van der Waals surface area contributed by atoms with E-state index in [1.807, 2.05) is 41.3 Å². The highest BCUT2D eigenvalue weighted by Crippen LogP contribution is 2.34. The number of ether oxygens (including phenoxy) is 2. The van der Waals surface area contributed by atoms with Crippen LogP contribution in [0.3, 0.4) is 0 Å². The number of hydrogen-bond acceptors (Lipinski definition) is 4. The molecular formula is C28H30N2O4. The van der Waals surface area contributed by atoms with Gasteiger partial charge in [-0.2, -0.15) is 0 Å². The number of hydrogen-bond donors (Lipinski definition) is 1. The van der Waals surface area contributed by atoms with Gasteiger partial charge in [-0.15, -0.1) is 0 Å². The number of amides is 2. The van der Waals surface area contributed by atoms with Gasteiger partial charge < -0.3 is 19.7 Å². The molecule has 1 unspecified atom stereocenters. The molecular weight excluding hydrogens is 428 g/mol. The number of aryl methyl sites for hydroxylation is 1. The largest absolute Gasteiger partial charge is 0.497 e. The zero-order chi connectivity index (χ0) is 24.1. The lowest BCUT2D eigenvalue weighted by atomic mass is 10.1. The Kier molecular flexibility index (Phi) is 7.16. The van der Waals surface area contributed by atoms with Crippen molar-refractivity contribution < 1.29 is 19.1 Å². The summed E-state index contributed by atoms with van der Waals surface area (Å²) in [5, 5.41) is 3.00. The number of nitrogens with one attached hydrogen (secondary N) is 1. The lowest BCUT2D eigenvalue weighted by Gasteiger charge is -2.23. The number of rotatable bonds is 8. The molecule has 1 aliphatic heterocycles. The Labute approximate surface area is 200 Å². The molecule has 0 spiro atoms. The highest BCUT2D eigenvalue weighted by Gasteiger charge is 2.31. The highest BCUT2D eigenvalue weighted by atomic mass is 16.5. The zero-order valence-electron chi connectivity index (χ0n) is 19.8. The van der Waals surface area contributed by atoms with Crippen LogP contribution in [-0.2, 0) is 24.2 Å². The van der Waals surface area contributed by atoms with Crippen LogP contribution < -0.4 is 19.7 Å². The minimum Gasteiger partial charge on any atom is -0.497 e. The van der Waals surface area contributed by atoms with E-state index in [4.69, 9.17) is 9.47 Å². The molecule has 6 heteroatoms. The van der Waals surface area contributed by atoms with Crippen LogP contribution in [0.1, 0.15) is 40.4 Å². The van der Waals surface area contributed by atoms with E-state index in [1.165, 1.54) is 0 Å². The van der Waals surface area contributed by atoms with Crippen molar-refractivity contribution in [2.45, 2.75) is 38.8 Å². The van der Waals surface area contributed by atoms with Gasteiger partial charge in [0.05, 0.1) is 14.2 Å². The molecule has 1 heterocycles. The van der Waals surface area contributed by atoms with E-state index in [9.17, 15) is 9.59 Å². The normalized spacial score (nSPS) is 14.4. The van der Waals surface area contributed by atoms with Crippen molar-refractivity contribution in [3.8, 4) is 11.5 Å². The minimum atomic E-state index is -0.0328. The molecule has 0 radical (unpaired) electrons. The van der Waals surface area contributed by atoms with Crippen molar-refractivity contribution in [3.63, 3.8) is 0 Å². The van der Waals surface area contributed by atoms with E-state index in [-0.39, 0.29) is 17.9 Å². The average Bonchev–Trinajstić information content (AvgIpc) is 3.21. The SMILES string of the molecule is COc1ccc(CCC(=O)NCc2ccc3c(c2)N(C(=O)c2ccc(OC)cc2)C(C)C3)cc1. The van der Waals surface area contributed by atoms with Crippen molar-refractivity contribution in [2.75, 3.05) is 19.1 Å². The van der Waals surface area contributed by atoms with Gasteiger partial charge in [-0.05, 0) is 78.9 Å². The maximum absolute atomic E-state index is 13.3. The Morgan fingerprint density at radius 2 is 1.53 bits per heavy atom. The molecule has 0 saturated heterocycles. The molecule has 1 atom stereocenters. The second kappa shape index (κ2) is 10.4. The topological polar surface area (TPSA) is 67.9 Å². The molecule has 176 valence electrons. The van der Waals surface area contributed by atoms with E-state index in [0.717, 1.165) is 40.3 Å². The van der Waals surface area contributed by atoms with Gasteiger partial charge in [0.25, 0.3) is 5.91 Å². The Balaban J connectivity index is 1.38. The fraction of sp³-hybridized carbons (Fsp3) is 0.286. The van der Waals surface area contributed by atoms with Crippen LogP contribution in [0.5, 0.6) is 11.5 Å². The third kappa shape index (κ3) is 5.22. The van der Waals surface area contributed by atoms with Gasteiger partial charge in [-0.3, -0.25) is 9.59 Å². The summed E-state index contributed by atoms with van der Waals surface area (Å²) in [4.78, 5) is 27.5. The maximum atomic E-state index is 13.3. The lowest BCUT2D eigenvalue weighted by Crippen LogP contribution is -2.35. The summed E-state index contributed by atoms with van der Waals surface area (Å²) in [6, 6.07) is 21.1. The molecule has 0 saturated carbocycles. The van der Waals surface area contributed by atoms with Crippen LogP contribution in [-0.4, -0.2) is 32.1 Å². The van der Waals surface area contributed by atoms with Crippen LogP contribution in [0, 0.1) is 0 Å². The van der Waals surface area contributed by atoms with Gasteiger partial charge in [-0.1, -0.05) is 24.3 Å². The van der Waals surface area contributed by atoms with Crippen LogP contribution in [0.15, 0.2) is 66.7 Å². The van der Waals surface area contributed by atoms with E-state index in [1.54, 1.807) is 38.5 Å². The highest BCUT2D eigenvalue weighted by molar-refractivity contribution is 6.07. The number of benzene rings is 3. The molecule has 0 fully saturated rings. The number of nitrogens with zero attached hydrogens (tertiary/aromatic N) is 1. The molecule has 0 bridgehead atoms. The van der Waals surface area contributed by atoms with Crippen LogP contribution in [0.25, 0.3) is 0 Å². The fourth-order valence-corrected chi connectivity index (χ4v) is 4.28. The summed E-state index contributed by atoms with van der Waals surface area (Å²) in [5.41, 5.74) is 4.74. The molecule has 34 heavy (non-hydrogen) atoms. The second-order valence-corrected chi connectivity index (χ2v) is 8.54. The van der Waals surface area contributed by atoms with Crippen molar-refractivity contribution in [3.05, 3.63) is 89.0 Å². The molecule has 6 nitrogen and oxygen atoms in total. The van der Waals surface area contributed by atoms with Gasteiger partial charge in [0.2, 0.25) is 5.91 Å². The first-order valence-corrected chi connectivity index (χ1v) is 11.5. The van der Waals surface area contributed by atoms with Crippen molar-refractivity contribution >= 4 is 17.5 Å². The molecule has 2 amide bonds. The number of fused-ring (bicyclic) bond motifs is 1. The Morgan fingerprint density at radius 1 is 0.912 bits per heavy atom. The number of anilines is 1. The second-order valence-electron chi connectivity index (χ2n) is 8.54. The summed E-state index contributed by atoms with van der Waals surface area (Å²) >= 11 is 0. The molecule has 0 aromatic heterocycles. The zero-order valence-corrected chi connectivity index (χ0v) is 19.8. The summed E-state index contributed by atoms with van der Waals surface area (Å²) in [5.74, 6) is 1.49. The number of methoxy groups -OCH3 is 2. The average molecular weight is 459 g/mol. The summed E-state index contributed by atoms with van der Waals surface area (Å²) in [7, 11) is 3.24. The third-order valence-corrected chi connectivity index (χ3v) is 6.21. The maximum Gasteiger partial charge on any atom is 0.258 e. The van der Waals surface area contributed by atoms with Crippen LogP contribution >= 0.6 is 0 Å². The first-order valence-electron chi connectivity index (χ1n) is 11.5. The summed E-state index contributed by atoms with van der Waals surface area (Å²) < 4.78 is 10.4. The van der Waals surface area contributed by atoms with Crippen molar-refractivity contribution in [2.24, 2.45) is 0 Å². The first kappa shape index (κ1) is 23.4. The first-order chi connectivity index (χ1) is 16.5. The van der Waals surface area contributed by atoms with Crippen LogP contribution in [0.2, 0.25) is 0 Å². The minimum absolute atomic E-state index is 0.00384. The molecule has 3 aromatic rings. The van der Waals surface area contributed by atoms with Crippen molar-refractivity contribution in [1.29, 1.82) is 0 Å². The molecule has 3 aromatic carbocycles. The van der Waals surface area contributed by atoms with Gasteiger partial charge in [-0.25, -0.2) is 0 Å². The Bertz CT molecular complexity index is 1160. The smallest absolute Gasteiger partial charge is 0.258 e. The van der Waals surface area contributed by atoms with Gasteiger partial charge in [0, 0.05) is 30.3 Å². The van der Waals surface area contributed by atoms with Crippen molar-refractivity contribution in [1.82, 2.24) is 5.32 Å². The standard InChI is InChI=1S/C28H30N2O4/c1-19-16-23-8-4-21(18-29-27(31)15-7-20-5-11-24(33-2)12-6-20)17-26(23)30(19)28(32)22-9-13-25(34-3)14-10-22/h4-6,8-14,17,19H,7,15-16,18H2,1-3H3,(H,29,31). The molecule has 0 aliphatic carbocycles. The third-order valence-electron chi connectivity index (χ3n) is 6.21. The molecule has 4 rings (SSSR count). The molecule has 1 N–H and O–H groups in total. The predicted octanol–water partition coefficient (Wildman–Crippen LogP) is 4.54. The summed E-state index contributed by atoms with van der Waals surface area (Å²) in [6.45, 7) is 2.48. The monoisotopic (exact) mass is 458 g/mol. The van der Waals surface area contributed by atoms with Gasteiger partial charge in [0.15, 0.2) is 0 Å².